The molecule has 1 aliphatic carbocycles. The van der Waals surface area contributed by atoms with E-state index in [2.05, 4.69) is 39.4 Å². The number of aryl methyl sites for hydroxylation is 1. The quantitative estimate of drug-likeness (QED) is 0.0500. The maximum Gasteiger partial charge on any atom is 0.490 e. The van der Waals surface area contributed by atoms with Crippen LogP contribution in [0.3, 0.4) is 0 Å². The Morgan fingerprint density at radius 1 is 1.14 bits per heavy atom. The van der Waals surface area contributed by atoms with Crippen molar-refractivity contribution in [1.82, 2.24) is 24.5 Å². The molecule has 14 nitrogen and oxygen atoms in total. The number of aliphatic hydroxyl groups is 1. The Kier molecular flexibility index (Phi) is 11.5. The second-order valence-corrected chi connectivity index (χ2v) is 17.4. The van der Waals surface area contributed by atoms with Gasteiger partial charge in [0.05, 0.1) is 35.1 Å². The van der Waals surface area contributed by atoms with Gasteiger partial charge >= 0.3 is 18.1 Å². The number of nitrogens with two attached hydrogens (primary N) is 1. The number of carbonyl (C=O) groups is 2. The summed E-state index contributed by atoms with van der Waals surface area (Å²) in [5, 5.41) is 26.0. The smallest absolute Gasteiger partial charge is 0.475 e. The molecule has 4 aromatic rings. The van der Waals surface area contributed by atoms with Gasteiger partial charge in [-0.25, -0.2) is 19.0 Å². The molecule has 21 heteroatoms. The lowest BCUT2D eigenvalue weighted by atomic mass is 9.81. The maximum atomic E-state index is 15.3. The highest BCUT2D eigenvalue weighted by molar-refractivity contribution is 8.77. The summed E-state index contributed by atoms with van der Waals surface area (Å²) in [6.45, 7) is 8.76. The van der Waals surface area contributed by atoms with Gasteiger partial charge in [-0.15, -0.1) is 0 Å². The second kappa shape index (κ2) is 15.6. The average Bonchev–Trinajstić information content (AvgIpc) is 3.50. The van der Waals surface area contributed by atoms with Crippen molar-refractivity contribution in [3.63, 3.8) is 0 Å². The van der Waals surface area contributed by atoms with E-state index in [0.29, 0.717) is 54.3 Å². The summed E-state index contributed by atoms with van der Waals surface area (Å²) in [4.78, 5) is 53.6. The lowest BCUT2D eigenvalue weighted by Crippen LogP contribution is -2.44. The lowest BCUT2D eigenvalue weighted by molar-refractivity contribution is -0.192. The number of benzene rings is 1. The van der Waals surface area contributed by atoms with Crippen LogP contribution in [0.5, 0.6) is 0 Å². The standard InChI is InChI=1S/C33H36ClFN8O4S2.C2HF3O2/c1-5-33(46)19-10-23-26-17(12-43(23)27(44)18(19)13-47-28(33)45)25-21(7-6-16-15(2)20(35)11-22(38-26)24(16)25)39-31-41-29(34)40-30(42-31)37-8-9-48-49-32(3,4)14-36;3-2(4,5)1(6)7/h10-11,21,46H,5-9,12-14,36H2,1-4H3,(H2,37,39,40,41,42);(H,6,7)/t21-,33-;/m0./s1. The molecule has 0 saturated carbocycles. The highest BCUT2D eigenvalue weighted by Crippen LogP contribution is 2.46. The van der Waals surface area contributed by atoms with E-state index < -0.39 is 23.7 Å². The Morgan fingerprint density at radius 2 is 1.84 bits per heavy atom. The number of fused-ring (bicyclic) bond motifs is 5. The molecule has 0 unspecified atom stereocenters. The van der Waals surface area contributed by atoms with Crippen LogP contribution in [0.2, 0.25) is 5.28 Å². The summed E-state index contributed by atoms with van der Waals surface area (Å²) in [6, 6.07) is 2.74. The number of halogens is 5. The van der Waals surface area contributed by atoms with Crippen molar-refractivity contribution in [2.45, 2.75) is 82.7 Å². The number of alkyl halides is 3. The van der Waals surface area contributed by atoms with Gasteiger partial charge in [0.15, 0.2) is 5.60 Å². The van der Waals surface area contributed by atoms with E-state index in [1.807, 2.05) is 0 Å². The van der Waals surface area contributed by atoms with Crippen LogP contribution in [0.25, 0.3) is 22.3 Å². The molecule has 3 aromatic heterocycles. The summed E-state index contributed by atoms with van der Waals surface area (Å²) in [7, 11) is 3.44. The highest BCUT2D eigenvalue weighted by Gasteiger charge is 2.46. The second-order valence-electron chi connectivity index (χ2n) is 13.9. The first-order valence-corrected chi connectivity index (χ1v) is 20.0. The van der Waals surface area contributed by atoms with Crippen molar-refractivity contribution >= 4 is 67.9 Å². The van der Waals surface area contributed by atoms with Crippen LogP contribution in [0.4, 0.5) is 29.5 Å². The number of carbonyl (C=O) groups excluding carboxylic acids is 1. The minimum absolute atomic E-state index is 0.0234. The number of hydrogen-bond donors (Lipinski definition) is 5. The monoisotopic (exact) mass is 840 g/mol. The third-order valence-corrected chi connectivity index (χ3v) is 13.3. The predicted molar refractivity (Wildman–Crippen MR) is 204 cm³/mol. The van der Waals surface area contributed by atoms with Crippen LogP contribution in [-0.4, -0.2) is 76.4 Å². The Bertz CT molecular complexity index is 2310. The summed E-state index contributed by atoms with van der Waals surface area (Å²) in [5.41, 5.74) is 8.43. The molecule has 3 aliphatic rings. The number of hydrogen-bond acceptors (Lipinski definition) is 14. The van der Waals surface area contributed by atoms with Crippen LogP contribution >= 0.6 is 33.2 Å². The first-order chi connectivity index (χ1) is 26.3. The Balaban J connectivity index is 0.000000695. The van der Waals surface area contributed by atoms with Gasteiger partial charge in [-0.05, 0) is 74.4 Å². The molecule has 7 rings (SSSR count). The van der Waals surface area contributed by atoms with E-state index in [4.69, 9.17) is 37.0 Å². The topological polar surface area (TPSA) is 207 Å². The van der Waals surface area contributed by atoms with Crippen molar-refractivity contribution < 1.29 is 42.1 Å². The van der Waals surface area contributed by atoms with Crippen LogP contribution < -0.4 is 21.9 Å². The van der Waals surface area contributed by atoms with E-state index in [0.717, 1.165) is 27.8 Å². The average molecular weight is 841 g/mol. The van der Waals surface area contributed by atoms with E-state index in [-0.39, 0.29) is 64.1 Å². The molecule has 0 spiro atoms. The van der Waals surface area contributed by atoms with Gasteiger partial charge in [0.25, 0.3) is 5.56 Å². The number of aromatic nitrogens is 5. The molecule has 300 valence electrons. The molecule has 0 radical (unpaired) electrons. The fourth-order valence-corrected chi connectivity index (χ4v) is 9.27. The summed E-state index contributed by atoms with van der Waals surface area (Å²) in [6.07, 6.45) is -3.90. The largest absolute Gasteiger partial charge is 0.490 e. The number of carboxylic acid groups (broad SMARTS) is 1. The molecule has 5 heterocycles. The third-order valence-electron chi connectivity index (χ3n) is 9.78. The number of nitrogens with zero attached hydrogens (tertiary/aromatic N) is 5. The lowest BCUT2D eigenvalue weighted by Gasteiger charge is -2.31. The summed E-state index contributed by atoms with van der Waals surface area (Å²) < 4.78 is 53.8. The number of nitrogens with one attached hydrogen (secondary N) is 2. The zero-order chi connectivity index (χ0) is 40.9. The zero-order valence-electron chi connectivity index (χ0n) is 30.4. The van der Waals surface area contributed by atoms with Crippen molar-refractivity contribution in [1.29, 1.82) is 0 Å². The third kappa shape index (κ3) is 7.85. The van der Waals surface area contributed by atoms with Gasteiger partial charge in [-0.1, -0.05) is 28.5 Å². The van der Waals surface area contributed by atoms with Crippen molar-refractivity contribution in [3.05, 3.63) is 67.0 Å². The van der Waals surface area contributed by atoms with Gasteiger partial charge in [0, 0.05) is 46.2 Å². The molecule has 56 heavy (non-hydrogen) atoms. The number of aliphatic carboxylic acids is 1. The molecule has 0 saturated heterocycles. The first kappa shape index (κ1) is 41.4. The zero-order valence-corrected chi connectivity index (χ0v) is 32.8. The molecular formula is C35H37ClF4N8O6S2. The fraction of sp³-hybridized carbons (Fsp3) is 0.457. The van der Waals surface area contributed by atoms with Crippen LogP contribution in [0.15, 0.2) is 16.9 Å². The predicted octanol–water partition coefficient (Wildman–Crippen LogP) is 5.63. The molecule has 0 bridgehead atoms. The van der Waals surface area contributed by atoms with Gasteiger partial charge in [0.1, 0.15) is 12.4 Å². The Morgan fingerprint density at radius 3 is 2.50 bits per heavy atom. The number of esters is 1. The van der Waals surface area contributed by atoms with Gasteiger partial charge < -0.3 is 35.9 Å². The number of cyclic esters (lactones) is 1. The minimum atomic E-state index is -5.08. The van der Waals surface area contributed by atoms with Crippen LogP contribution in [-0.2, 0) is 39.5 Å². The van der Waals surface area contributed by atoms with E-state index in [9.17, 15) is 27.9 Å². The van der Waals surface area contributed by atoms with Crippen molar-refractivity contribution in [2.75, 3.05) is 29.5 Å². The van der Waals surface area contributed by atoms with Crippen LogP contribution in [0.1, 0.15) is 73.0 Å². The maximum absolute atomic E-state index is 15.3. The van der Waals surface area contributed by atoms with E-state index in [1.165, 1.54) is 6.07 Å². The number of carboxylic acids is 1. The summed E-state index contributed by atoms with van der Waals surface area (Å²) in [5.74, 6) is -2.53. The molecule has 2 aliphatic heterocycles. The first-order valence-electron chi connectivity index (χ1n) is 17.3. The number of rotatable bonds is 10. The van der Waals surface area contributed by atoms with Gasteiger partial charge in [0.2, 0.25) is 17.2 Å². The van der Waals surface area contributed by atoms with E-state index >= 15 is 4.39 Å². The highest BCUT2D eigenvalue weighted by atomic mass is 35.5. The molecule has 6 N–H and O–H groups in total. The summed E-state index contributed by atoms with van der Waals surface area (Å²) >= 11 is 6.36. The fourth-order valence-electron chi connectivity index (χ4n) is 6.79. The number of pyridine rings is 2. The number of anilines is 2. The minimum Gasteiger partial charge on any atom is -0.475 e. The molecule has 1 aromatic carbocycles. The van der Waals surface area contributed by atoms with E-state index in [1.54, 1.807) is 46.1 Å². The SMILES string of the molecule is CC[C@@]1(O)C(=O)OCc2c1cc1n(c2=O)Cc2c-1nc1cc(F)c(C)c3c1c2[C@@H](Nc1nc(Cl)nc(NCCSSC(C)(C)CN)n1)CC3.O=C(O)C(F)(F)F. The van der Waals surface area contributed by atoms with Gasteiger partial charge in [-0.2, -0.15) is 28.1 Å². The van der Waals surface area contributed by atoms with Gasteiger partial charge in [-0.3, -0.25) is 4.79 Å². The molecular weight excluding hydrogens is 804 g/mol. The Labute approximate surface area is 329 Å². The molecule has 0 amide bonds. The van der Waals surface area contributed by atoms with Crippen molar-refractivity contribution in [3.8, 4) is 11.4 Å². The van der Waals surface area contributed by atoms with Crippen LogP contribution in [0, 0.1) is 12.7 Å². The van der Waals surface area contributed by atoms with Crippen molar-refractivity contribution in [2.24, 2.45) is 5.73 Å². The molecule has 0 fully saturated rings. The Hall–Kier alpha value is -4.24. The normalized spacial score (nSPS) is 18.3. The number of ether oxygens (including phenoxy) is 1. The molecule has 2 atom stereocenters.